The number of nitrogens with one attached hydrogen (secondary N) is 2. The van der Waals surface area contributed by atoms with Crippen LogP contribution < -0.4 is 16.0 Å². The number of benzene rings is 1. The molecule has 7 nitrogen and oxygen atoms in total. The van der Waals surface area contributed by atoms with Gasteiger partial charge in [0.15, 0.2) is 5.82 Å². The Morgan fingerprint density at radius 3 is 2.58 bits per heavy atom. The molecule has 2 aromatic rings. The van der Waals surface area contributed by atoms with E-state index in [0.29, 0.717) is 0 Å². The summed E-state index contributed by atoms with van der Waals surface area (Å²) in [5.41, 5.74) is 5.35. The first kappa shape index (κ1) is 13.4. The molecular formula is C10H9ClN4O3S. The molecule has 0 atom stereocenters. The molecule has 0 saturated heterocycles. The number of nitrogens with zero attached hydrogens (tertiary/aromatic N) is 1. The maximum Gasteiger partial charge on any atom is 0.264 e. The van der Waals surface area contributed by atoms with Gasteiger partial charge in [0, 0.05) is 6.07 Å². The van der Waals surface area contributed by atoms with E-state index in [9.17, 15) is 13.2 Å². The van der Waals surface area contributed by atoms with E-state index in [0.717, 1.165) is 6.07 Å². The average Bonchev–Trinajstić information content (AvgIpc) is 2.35. The first-order valence-corrected chi connectivity index (χ1v) is 6.88. The molecule has 0 fully saturated rings. The molecule has 0 saturated carbocycles. The SMILES string of the molecule is Nc1ccc(S(=O)(=O)Nc2ccc(=O)[nH]n2)cc1Cl. The number of halogens is 1. The maximum absolute atomic E-state index is 12.0. The Morgan fingerprint density at radius 1 is 1.26 bits per heavy atom. The predicted octanol–water partition coefficient (Wildman–Crippen LogP) is 0.806. The number of nitrogen functional groups attached to an aromatic ring is 1. The van der Waals surface area contributed by atoms with Crippen LogP contribution in [0.1, 0.15) is 0 Å². The highest BCUT2D eigenvalue weighted by atomic mass is 35.5. The molecule has 1 aromatic carbocycles. The standard InChI is InChI=1S/C10H9ClN4O3S/c11-7-5-6(1-2-8(7)12)19(17,18)15-9-3-4-10(16)14-13-9/h1-5H,12H2,(H,13,15)(H,14,16). The first-order chi connectivity index (χ1) is 8.88. The molecule has 1 heterocycles. The number of hydrogen-bond donors (Lipinski definition) is 3. The van der Waals surface area contributed by atoms with Crippen molar-refractivity contribution in [3.8, 4) is 0 Å². The molecule has 19 heavy (non-hydrogen) atoms. The van der Waals surface area contributed by atoms with Gasteiger partial charge in [-0.05, 0) is 24.3 Å². The third-order valence-corrected chi connectivity index (χ3v) is 3.88. The van der Waals surface area contributed by atoms with Crippen LogP contribution in [-0.2, 0) is 10.0 Å². The zero-order valence-electron chi connectivity index (χ0n) is 9.42. The predicted molar refractivity (Wildman–Crippen MR) is 71.5 cm³/mol. The zero-order valence-corrected chi connectivity index (χ0v) is 11.0. The summed E-state index contributed by atoms with van der Waals surface area (Å²) in [6, 6.07) is 6.33. The Balaban J connectivity index is 2.34. The largest absolute Gasteiger partial charge is 0.398 e. The molecule has 9 heteroatoms. The summed E-state index contributed by atoms with van der Waals surface area (Å²) >= 11 is 5.76. The van der Waals surface area contributed by atoms with E-state index in [-0.39, 0.29) is 21.4 Å². The van der Waals surface area contributed by atoms with Gasteiger partial charge in [-0.15, -0.1) is 0 Å². The van der Waals surface area contributed by atoms with Gasteiger partial charge in [-0.2, -0.15) is 5.10 Å². The molecule has 4 N–H and O–H groups in total. The van der Waals surface area contributed by atoms with Crippen LogP contribution in [0, 0.1) is 0 Å². The van der Waals surface area contributed by atoms with E-state index in [4.69, 9.17) is 17.3 Å². The van der Waals surface area contributed by atoms with Crippen LogP contribution in [-0.4, -0.2) is 18.6 Å². The Hall–Kier alpha value is -2.06. The molecule has 0 aliphatic carbocycles. The van der Waals surface area contributed by atoms with Gasteiger partial charge in [-0.25, -0.2) is 13.5 Å². The third-order valence-electron chi connectivity index (χ3n) is 2.20. The molecule has 2 rings (SSSR count). The van der Waals surface area contributed by atoms with Crippen LogP contribution in [0.25, 0.3) is 0 Å². The summed E-state index contributed by atoms with van der Waals surface area (Å²) in [7, 11) is -3.84. The second-order valence-electron chi connectivity index (χ2n) is 3.60. The van der Waals surface area contributed by atoms with E-state index >= 15 is 0 Å². The number of hydrogen-bond acceptors (Lipinski definition) is 5. The van der Waals surface area contributed by atoms with E-state index in [1.54, 1.807) is 0 Å². The molecule has 100 valence electrons. The molecule has 0 bridgehead atoms. The quantitative estimate of drug-likeness (QED) is 0.725. The summed E-state index contributed by atoms with van der Waals surface area (Å²) in [5, 5.41) is 5.80. The Labute approximate surface area is 113 Å². The molecule has 0 aliphatic heterocycles. The highest BCUT2D eigenvalue weighted by molar-refractivity contribution is 7.92. The average molecular weight is 301 g/mol. The van der Waals surface area contributed by atoms with Gasteiger partial charge < -0.3 is 5.73 Å². The molecule has 0 spiro atoms. The van der Waals surface area contributed by atoms with Gasteiger partial charge >= 0.3 is 0 Å². The van der Waals surface area contributed by atoms with Crippen molar-refractivity contribution in [1.29, 1.82) is 0 Å². The van der Waals surface area contributed by atoms with Crippen LogP contribution in [0.15, 0.2) is 40.0 Å². The van der Waals surface area contributed by atoms with Gasteiger partial charge in [-0.1, -0.05) is 11.6 Å². The van der Waals surface area contributed by atoms with Crippen LogP contribution in [0.2, 0.25) is 5.02 Å². The molecular weight excluding hydrogens is 292 g/mol. The van der Waals surface area contributed by atoms with E-state index < -0.39 is 15.6 Å². The third kappa shape index (κ3) is 3.04. The number of aromatic amines is 1. The number of aromatic nitrogens is 2. The Morgan fingerprint density at radius 2 is 2.00 bits per heavy atom. The van der Waals surface area contributed by atoms with E-state index in [1.165, 1.54) is 24.3 Å². The second kappa shape index (κ2) is 4.90. The maximum atomic E-state index is 12.0. The van der Waals surface area contributed by atoms with Gasteiger partial charge in [0.2, 0.25) is 0 Å². The van der Waals surface area contributed by atoms with E-state index in [2.05, 4.69) is 14.9 Å². The summed E-state index contributed by atoms with van der Waals surface area (Å²) in [6.07, 6.45) is 0. The Bertz CT molecular complexity index is 752. The number of anilines is 2. The molecule has 0 aliphatic rings. The molecule has 0 unspecified atom stereocenters. The van der Waals surface area contributed by atoms with Crippen LogP contribution in [0.3, 0.4) is 0 Å². The first-order valence-electron chi connectivity index (χ1n) is 5.02. The number of nitrogens with two attached hydrogens (primary N) is 1. The fraction of sp³-hybridized carbons (Fsp3) is 0. The van der Waals surface area contributed by atoms with Crippen LogP contribution >= 0.6 is 11.6 Å². The minimum Gasteiger partial charge on any atom is -0.398 e. The summed E-state index contributed by atoms with van der Waals surface area (Å²) in [5.74, 6) is -0.00690. The van der Waals surface area contributed by atoms with Gasteiger partial charge in [-0.3, -0.25) is 9.52 Å². The van der Waals surface area contributed by atoms with Crippen molar-refractivity contribution in [2.45, 2.75) is 4.90 Å². The minimum atomic E-state index is -3.84. The van der Waals surface area contributed by atoms with Crippen LogP contribution in [0.4, 0.5) is 11.5 Å². The summed E-state index contributed by atoms with van der Waals surface area (Å²) < 4.78 is 26.2. The lowest BCUT2D eigenvalue weighted by Crippen LogP contribution is -2.16. The van der Waals surface area contributed by atoms with Crippen molar-refractivity contribution >= 4 is 33.1 Å². The topological polar surface area (TPSA) is 118 Å². The lowest BCUT2D eigenvalue weighted by molar-refractivity contribution is 0.601. The highest BCUT2D eigenvalue weighted by Gasteiger charge is 2.16. The number of sulfonamides is 1. The number of H-pyrrole nitrogens is 1. The van der Waals surface area contributed by atoms with Gasteiger partial charge in [0.05, 0.1) is 15.6 Å². The summed E-state index contributed by atoms with van der Waals surface area (Å²) in [6.45, 7) is 0. The fourth-order valence-corrected chi connectivity index (χ4v) is 2.55. The van der Waals surface area contributed by atoms with Crippen molar-refractivity contribution in [3.05, 3.63) is 45.7 Å². The summed E-state index contributed by atoms with van der Waals surface area (Å²) in [4.78, 5) is 10.8. The van der Waals surface area contributed by atoms with Crippen molar-refractivity contribution in [3.63, 3.8) is 0 Å². The lowest BCUT2D eigenvalue weighted by Gasteiger charge is -2.07. The van der Waals surface area contributed by atoms with Crippen molar-refractivity contribution in [2.24, 2.45) is 0 Å². The highest BCUT2D eigenvalue weighted by Crippen LogP contribution is 2.23. The molecule has 0 radical (unpaired) electrons. The normalized spacial score (nSPS) is 11.2. The van der Waals surface area contributed by atoms with E-state index in [1.807, 2.05) is 0 Å². The Kier molecular flexibility index (Phi) is 3.45. The van der Waals surface area contributed by atoms with Crippen molar-refractivity contribution in [1.82, 2.24) is 10.2 Å². The number of rotatable bonds is 3. The van der Waals surface area contributed by atoms with Crippen molar-refractivity contribution in [2.75, 3.05) is 10.5 Å². The van der Waals surface area contributed by atoms with Gasteiger partial charge in [0.1, 0.15) is 0 Å². The smallest absolute Gasteiger partial charge is 0.264 e. The molecule has 0 amide bonds. The minimum absolute atomic E-state index is 0.00690. The van der Waals surface area contributed by atoms with Crippen LogP contribution in [0.5, 0.6) is 0 Å². The zero-order chi connectivity index (χ0) is 14.0. The monoisotopic (exact) mass is 300 g/mol. The second-order valence-corrected chi connectivity index (χ2v) is 5.68. The molecule has 1 aromatic heterocycles. The van der Waals surface area contributed by atoms with Gasteiger partial charge in [0.25, 0.3) is 15.6 Å². The fourth-order valence-electron chi connectivity index (χ4n) is 1.27. The van der Waals surface area contributed by atoms with Crippen molar-refractivity contribution < 1.29 is 8.42 Å². The lowest BCUT2D eigenvalue weighted by atomic mass is 10.3.